The highest BCUT2D eigenvalue weighted by Crippen LogP contribution is 2.18. The summed E-state index contributed by atoms with van der Waals surface area (Å²) in [5.74, 6) is -1.55. The Morgan fingerprint density at radius 1 is 1.33 bits per heavy atom. The standard InChI is InChI=1S/C15H17F2N3O/c1-9(2)7-20-13(18-8-19-20)6-12(21)14-11(16)5-4-10(3)15(14)17/h4-5,8-9H,6-7H2,1-3H3. The van der Waals surface area contributed by atoms with Crippen molar-refractivity contribution in [3.05, 3.63) is 47.0 Å². The second-order valence-electron chi connectivity index (χ2n) is 5.41. The zero-order valence-electron chi connectivity index (χ0n) is 12.2. The molecular formula is C15H17F2N3O. The molecule has 0 spiro atoms. The van der Waals surface area contributed by atoms with Crippen molar-refractivity contribution >= 4 is 5.78 Å². The second-order valence-corrected chi connectivity index (χ2v) is 5.41. The number of aryl methyl sites for hydroxylation is 1. The molecule has 0 saturated heterocycles. The number of carbonyl (C=O) groups is 1. The lowest BCUT2D eigenvalue weighted by Crippen LogP contribution is -2.16. The first-order valence-corrected chi connectivity index (χ1v) is 6.74. The molecule has 1 aromatic heterocycles. The number of carbonyl (C=O) groups excluding carboxylic acids is 1. The Labute approximate surface area is 121 Å². The van der Waals surface area contributed by atoms with E-state index in [9.17, 15) is 13.6 Å². The molecule has 1 aromatic carbocycles. The average Bonchev–Trinajstić information content (AvgIpc) is 2.81. The van der Waals surface area contributed by atoms with Gasteiger partial charge in [0.1, 0.15) is 23.8 Å². The van der Waals surface area contributed by atoms with Crippen molar-refractivity contribution in [2.75, 3.05) is 0 Å². The fourth-order valence-corrected chi connectivity index (χ4v) is 2.07. The molecule has 1 heterocycles. The van der Waals surface area contributed by atoms with Gasteiger partial charge in [-0.3, -0.25) is 4.79 Å². The molecular weight excluding hydrogens is 276 g/mol. The quantitative estimate of drug-likeness (QED) is 0.796. The fourth-order valence-electron chi connectivity index (χ4n) is 2.07. The molecule has 0 N–H and O–H groups in total. The van der Waals surface area contributed by atoms with Crippen LogP contribution in [0, 0.1) is 24.5 Å². The monoisotopic (exact) mass is 293 g/mol. The first kappa shape index (κ1) is 15.3. The SMILES string of the molecule is Cc1ccc(F)c(C(=O)Cc2ncnn2CC(C)C)c1F. The zero-order valence-corrected chi connectivity index (χ0v) is 12.2. The van der Waals surface area contributed by atoms with Crippen LogP contribution in [0.15, 0.2) is 18.5 Å². The summed E-state index contributed by atoms with van der Waals surface area (Å²) < 4.78 is 29.3. The molecule has 0 atom stereocenters. The van der Waals surface area contributed by atoms with E-state index in [4.69, 9.17) is 0 Å². The van der Waals surface area contributed by atoms with Crippen molar-refractivity contribution in [2.24, 2.45) is 5.92 Å². The van der Waals surface area contributed by atoms with Gasteiger partial charge < -0.3 is 0 Å². The second kappa shape index (κ2) is 6.11. The van der Waals surface area contributed by atoms with Crippen LogP contribution in [-0.4, -0.2) is 20.5 Å². The Morgan fingerprint density at radius 2 is 2.05 bits per heavy atom. The minimum Gasteiger partial charge on any atom is -0.293 e. The Balaban J connectivity index is 2.27. The van der Waals surface area contributed by atoms with E-state index in [1.807, 2.05) is 13.8 Å². The third-order valence-corrected chi connectivity index (χ3v) is 3.12. The molecule has 0 aliphatic heterocycles. The highest BCUT2D eigenvalue weighted by molar-refractivity contribution is 5.97. The molecule has 0 aliphatic carbocycles. The number of halogens is 2. The van der Waals surface area contributed by atoms with Gasteiger partial charge in [0.05, 0.1) is 12.0 Å². The van der Waals surface area contributed by atoms with Crippen LogP contribution >= 0.6 is 0 Å². The third kappa shape index (κ3) is 3.32. The van der Waals surface area contributed by atoms with Gasteiger partial charge in [0, 0.05) is 6.54 Å². The lowest BCUT2D eigenvalue weighted by atomic mass is 10.0. The van der Waals surface area contributed by atoms with Gasteiger partial charge in [0.25, 0.3) is 0 Å². The number of ketones is 1. The number of hydrogen-bond acceptors (Lipinski definition) is 3. The Kier molecular flexibility index (Phi) is 4.45. The smallest absolute Gasteiger partial charge is 0.176 e. The first-order valence-electron chi connectivity index (χ1n) is 6.74. The normalized spacial score (nSPS) is 11.1. The number of benzene rings is 1. The molecule has 2 rings (SSSR count). The van der Waals surface area contributed by atoms with Crippen molar-refractivity contribution in [3.63, 3.8) is 0 Å². The minimum atomic E-state index is -0.849. The van der Waals surface area contributed by atoms with Gasteiger partial charge in [0.15, 0.2) is 5.78 Å². The average molecular weight is 293 g/mol. The Morgan fingerprint density at radius 3 is 2.71 bits per heavy atom. The lowest BCUT2D eigenvalue weighted by molar-refractivity contribution is 0.0980. The number of nitrogens with zero attached hydrogens (tertiary/aromatic N) is 3. The maximum absolute atomic E-state index is 13.9. The van der Waals surface area contributed by atoms with Gasteiger partial charge in [-0.25, -0.2) is 18.4 Å². The molecule has 112 valence electrons. The van der Waals surface area contributed by atoms with Crippen molar-refractivity contribution in [1.82, 2.24) is 14.8 Å². The van der Waals surface area contributed by atoms with Crippen LogP contribution in [0.25, 0.3) is 0 Å². The predicted octanol–water partition coefficient (Wildman–Crippen LogP) is 2.95. The van der Waals surface area contributed by atoms with E-state index < -0.39 is 23.0 Å². The van der Waals surface area contributed by atoms with E-state index >= 15 is 0 Å². The molecule has 0 bridgehead atoms. The number of rotatable bonds is 5. The van der Waals surface area contributed by atoms with E-state index in [-0.39, 0.29) is 12.0 Å². The molecule has 4 nitrogen and oxygen atoms in total. The van der Waals surface area contributed by atoms with Crippen molar-refractivity contribution in [3.8, 4) is 0 Å². The van der Waals surface area contributed by atoms with Crippen LogP contribution in [0.1, 0.15) is 35.6 Å². The fraction of sp³-hybridized carbons (Fsp3) is 0.400. The van der Waals surface area contributed by atoms with Crippen LogP contribution in [0.3, 0.4) is 0 Å². The summed E-state index contributed by atoms with van der Waals surface area (Å²) in [6.07, 6.45) is 1.16. The molecule has 21 heavy (non-hydrogen) atoms. The topological polar surface area (TPSA) is 47.8 Å². The van der Waals surface area contributed by atoms with Crippen LogP contribution in [0.2, 0.25) is 0 Å². The molecule has 0 saturated carbocycles. The minimum absolute atomic E-state index is 0.177. The van der Waals surface area contributed by atoms with E-state index in [0.717, 1.165) is 6.07 Å². The number of Topliss-reactive ketones (excluding diaryl/α,β-unsaturated/α-hetero) is 1. The Hall–Kier alpha value is -2.11. The molecule has 0 aliphatic rings. The molecule has 0 fully saturated rings. The van der Waals surface area contributed by atoms with Crippen molar-refractivity contribution < 1.29 is 13.6 Å². The summed E-state index contributed by atoms with van der Waals surface area (Å²) in [5, 5.41) is 4.03. The highest BCUT2D eigenvalue weighted by Gasteiger charge is 2.21. The number of aromatic nitrogens is 3. The van der Waals surface area contributed by atoms with E-state index in [1.54, 1.807) is 4.68 Å². The molecule has 0 radical (unpaired) electrons. The zero-order chi connectivity index (χ0) is 15.6. The van der Waals surface area contributed by atoms with Crippen LogP contribution in [0.4, 0.5) is 8.78 Å². The van der Waals surface area contributed by atoms with Gasteiger partial charge in [-0.2, -0.15) is 5.10 Å². The van der Waals surface area contributed by atoms with Gasteiger partial charge >= 0.3 is 0 Å². The van der Waals surface area contributed by atoms with Crippen LogP contribution in [-0.2, 0) is 13.0 Å². The van der Waals surface area contributed by atoms with Crippen LogP contribution < -0.4 is 0 Å². The van der Waals surface area contributed by atoms with Gasteiger partial charge in [-0.1, -0.05) is 19.9 Å². The molecule has 0 amide bonds. The summed E-state index contributed by atoms with van der Waals surface area (Å²) in [7, 11) is 0. The summed E-state index contributed by atoms with van der Waals surface area (Å²) >= 11 is 0. The summed E-state index contributed by atoms with van der Waals surface area (Å²) in [6.45, 7) is 6.11. The van der Waals surface area contributed by atoms with Crippen molar-refractivity contribution in [2.45, 2.75) is 33.7 Å². The van der Waals surface area contributed by atoms with E-state index in [1.165, 1.54) is 19.3 Å². The summed E-state index contributed by atoms with van der Waals surface area (Å²) in [6, 6.07) is 2.41. The summed E-state index contributed by atoms with van der Waals surface area (Å²) in [4.78, 5) is 16.2. The first-order chi connectivity index (χ1) is 9.90. The Bertz CT molecular complexity index is 665. The predicted molar refractivity (Wildman–Crippen MR) is 74.0 cm³/mol. The lowest BCUT2D eigenvalue weighted by Gasteiger charge is -2.09. The van der Waals surface area contributed by atoms with E-state index in [0.29, 0.717) is 18.3 Å². The molecule has 6 heteroatoms. The molecule has 2 aromatic rings. The third-order valence-electron chi connectivity index (χ3n) is 3.12. The highest BCUT2D eigenvalue weighted by atomic mass is 19.1. The maximum Gasteiger partial charge on any atom is 0.176 e. The van der Waals surface area contributed by atoms with E-state index in [2.05, 4.69) is 10.1 Å². The van der Waals surface area contributed by atoms with Gasteiger partial charge in [-0.05, 0) is 24.5 Å². The largest absolute Gasteiger partial charge is 0.293 e. The maximum atomic E-state index is 13.9. The van der Waals surface area contributed by atoms with Gasteiger partial charge in [-0.15, -0.1) is 0 Å². The summed E-state index contributed by atoms with van der Waals surface area (Å²) in [5.41, 5.74) is -0.266. The van der Waals surface area contributed by atoms with Gasteiger partial charge in [0.2, 0.25) is 0 Å². The van der Waals surface area contributed by atoms with Crippen molar-refractivity contribution in [1.29, 1.82) is 0 Å². The molecule has 0 unspecified atom stereocenters. The number of hydrogen-bond donors (Lipinski definition) is 0. The van der Waals surface area contributed by atoms with Crippen LogP contribution in [0.5, 0.6) is 0 Å².